The van der Waals surface area contributed by atoms with Crippen LogP contribution in [-0.2, 0) is 74.5 Å². The number of hydrogen-bond donors (Lipinski definition) is 0. The quantitative estimate of drug-likeness (QED) is 0.111. The van der Waals surface area contributed by atoms with Gasteiger partial charge in [-0.25, -0.2) is 16.8 Å². The van der Waals surface area contributed by atoms with Crippen LogP contribution < -0.4 is 0 Å². The van der Waals surface area contributed by atoms with E-state index in [2.05, 4.69) is 270 Å². The van der Waals surface area contributed by atoms with Gasteiger partial charge in [0.25, 0.3) is 0 Å². The molecule has 6 nitrogen and oxygen atoms in total. The Balaban J connectivity index is 0.000000263. The summed E-state index contributed by atoms with van der Waals surface area (Å²) < 4.78 is 57.1. The molecule has 10 heteroatoms. The van der Waals surface area contributed by atoms with E-state index in [1.165, 1.54) is 62.8 Å². The highest BCUT2D eigenvalue weighted by atomic mass is 32.3. The molecule has 0 saturated carbocycles. The smallest absolute Gasteiger partial charge is 0.166 e. The Hall–Kier alpha value is -4.16. The first-order valence-electron chi connectivity index (χ1n) is 24.2. The third-order valence-corrected chi connectivity index (χ3v) is 18.8. The van der Waals surface area contributed by atoms with Gasteiger partial charge in [0.05, 0.1) is 21.8 Å². The van der Waals surface area contributed by atoms with Crippen LogP contribution in [0.15, 0.2) is 175 Å². The fourth-order valence-electron chi connectivity index (χ4n) is 7.54. The lowest BCUT2D eigenvalue weighted by atomic mass is 9.87. The second kappa shape index (κ2) is 22.5. The first kappa shape index (κ1) is 59.4. The molecule has 6 aromatic carbocycles. The zero-order valence-electron chi connectivity index (χ0n) is 45.6. The monoisotopic (exact) mass is 1040 g/mol. The summed E-state index contributed by atoms with van der Waals surface area (Å²) in [5, 5.41) is -1.88. The highest BCUT2D eigenvalue weighted by molar-refractivity contribution is 8.02. The molecule has 0 bridgehead atoms. The van der Waals surface area contributed by atoms with Crippen molar-refractivity contribution in [2.24, 2.45) is 0 Å². The molecular weight excluding hydrogens is 957 g/mol. The predicted molar refractivity (Wildman–Crippen MR) is 299 cm³/mol. The van der Waals surface area contributed by atoms with E-state index in [-0.39, 0.29) is 54.3 Å². The minimum Gasteiger partial charge on any atom is -0.747 e. The number of rotatable bonds is 8. The summed E-state index contributed by atoms with van der Waals surface area (Å²) in [6, 6.07) is 55.7. The van der Waals surface area contributed by atoms with Gasteiger partial charge in [-0.15, -0.1) is 0 Å². The highest BCUT2D eigenvalue weighted by Crippen LogP contribution is 2.38. The molecule has 0 N–H and O–H groups in total. The molecule has 0 spiro atoms. The van der Waals surface area contributed by atoms with Crippen LogP contribution in [0.4, 0.5) is 0 Å². The molecule has 0 aliphatic rings. The largest absolute Gasteiger partial charge is 0.747 e. The number of hydrogen-bond acceptors (Lipinski definition) is 6. The lowest BCUT2D eigenvalue weighted by Gasteiger charge is -2.21. The van der Waals surface area contributed by atoms with Gasteiger partial charge in [-0.1, -0.05) is 197 Å². The number of benzene rings is 6. The van der Waals surface area contributed by atoms with Gasteiger partial charge in [0, 0.05) is 0 Å². The van der Waals surface area contributed by atoms with Crippen LogP contribution in [0.1, 0.15) is 158 Å². The standard InChI is InChI=1S/2C30H39S.CH4O6S2/c2*1-28(2,3)22-10-16-25(17-11-22)31(26-18-12-23(13-19-26)29(4,5)6)27-20-14-24(15-21-27)30(7,8)9;2-8(3,4)1-9(5,6)7/h2*10-21H,1-9H3;1H2,(H,2,3,4)(H,5,6,7)/q2*+1;/p-2. The van der Waals surface area contributed by atoms with Crippen molar-refractivity contribution < 1.29 is 25.9 Å². The van der Waals surface area contributed by atoms with Gasteiger partial charge in [-0.3, -0.25) is 0 Å². The molecule has 0 aliphatic heterocycles. The lowest BCUT2D eigenvalue weighted by Crippen LogP contribution is -2.14. The van der Waals surface area contributed by atoms with E-state index in [4.69, 9.17) is 0 Å². The first-order chi connectivity index (χ1) is 32.2. The summed E-state index contributed by atoms with van der Waals surface area (Å²) in [6.07, 6.45) is 0. The summed E-state index contributed by atoms with van der Waals surface area (Å²) in [4.78, 5) is 8.25. The highest BCUT2D eigenvalue weighted by Gasteiger charge is 2.32. The first-order valence-corrected chi connectivity index (χ1v) is 29.8. The molecule has 0 radical (unpaired) electrons. The fourth-order valence-corrected chi connectivity index (χ4v) is 13.0. The summed E-state index contributed by atoms with van der Waals surface area (Å²) in [5.74, 6) is 0. The fraction of sp³-hybridized carbons (Fsp3) is 0.410. The Bertz CT molecular complexity index is 2390. The van der Waals surface area contributed by atoms with Crippen molar-refractivity contribution in [3.63, 3.8) is 0 Å². The van der Waals surface area contributed by atoms with E-state index in [1.54, 1.807) is 0 Å². The molecule has 384 valence electrons. The van der Waals surface area contributed by atoms with Crippen LogP contribution in [0.5, 0.6) is 0 Å². The summed E-state index contributed by atoms with van der Waals surface area (Å²) >= 11 is 0. The molecule has 0 unspecified atom stereocenters. The van der Waals surface area contributed by atoms with Gasteiger partial charge < -0.3 is 9.11 Å². The lowest BCUT2D eigenvalue weighted by molar-refractivity contribution is 0.451. The zero-order chi connectivity index (χ0) is 53.8. The molecule has 0 fully saturated rings. The maximum absolute atomic E-state index is 9.51. The van der Waals surface area contributed by atoms with Crippen LogP contribution in [0, 0.1) is 0 Å². The van der Waals surface area contributed by atoms with Crippen molar-refractivity contribution in [3.05, 3.63) is 179 Å². The minimum absolute atomic E-state index is 0.120. The molecule has 71 heavy (non-hydrogen) atoms. The van der Waals surface area contributed by atoms with Crippen LogP contribution >= 0.6 is 0 Å². The van der Waals surface area contributed by atoms with Crippen molar-refractivity contribution in [3.8, 4) is 0 Å². The molecule has 0 amide bonds. The van der Waals surface area contributed by atoms with Crippen LogP contribution in [-0.4, -0.2) is 31.0 Å². The van der Waals surface area contributed by atoms with E-state index in [9.17, 15) is 25.9 Å². The third-order valence-electron chi connectivity index (χ3n) is 12.0. The van der Waals surface area contributed by atoms with Gasteiger partial charge in [-0.05, 0) is 139 Å². The van der Waals surface area contributed by atoms with Crippen molar-refractivity contribution in [1.82, 2.24) is 0 Å². The average Bonchev–Trinajstić information content (AvgIpc) is 3.22. The second-order valence-electron chi connectivity index (χ2n) is 24.5. The molecule has 0 aromatic heterocycles. The van der Waals surface area contributed by atoms with E-state index < -0.39 is 25.3 Å². The molecule has 6 rings (SSSR count). The molecule has 0 saturated heterocycles. The Labute approximate surface area is 435 Å². The summed E-state index contributed by atoms with van der Waals surface area (Å²) in [7, 11) is -10.1. The topological polar surface area (TPSA) is 114 Å². The maximum Gasteiger partial charge on any atom is 0.166 e. The molecule has 0 heterocycles. The normalized spacial score (nSPS) is 13.0. The van der Waals surface area contributed by atoms with Gasteiger partial charge in [0.2, 0.25) is 0 Å². The third kappa shape index (κ3) is 18.1. The Morgan fingerprint density at radius 1 is 0.268 bits per heavy atom. The Kier molecular flexibility index (Phi) is 18.9. The summed E-state index contributed by atoms with van der Waals surface area (Å²) in [6.45, 7) is 41.0. The predicted octanol–water partition coefficient (Wildman–Crippen LogP) is 15.4. The Morgan fingerprint density at radius 2 is 0.380 bits per heavy atom. The van der Waals surface area contributed by atoms with Crippen LogP contribution in [0.2, 0.25) is 0 Å². The van der Waals surface area contributed by atoms with E-state index in [0.717, 1.165) is 0 Å². The molecule has 6 aromatic rings. The Morgan fingerprint density at radius 3 is 0.451 bits per heavy atom. The summed E-state index contributed by atoms with van der Waals surface area (Å²) in [5.41, 5.74) is 9.28. The van der Waals surface area contributed by atoms with E-state index in [0.29, 0.717) is 0 Å². The second-order valence-corrected chi connectivity index (χ2v) is 31.7. The van der Waals surface area contributed by atoms with Crippen molar-refractivity contribution in [2.75, 3.05) is 5.08 Å². The molecular formula is C61H80O6S4. The average molecular weight is 1040 g/mol. The van der Waals surface area contributed by atoms with Crippen molar-refractivity contribution in [1.29, 1.82) is 0 Å². The maximum atomic E-state index is 9.51. The molecule has 0 aliphatic carbocycles. The SMILES string of the molecule is CC(C)(C)c1ccc([S+](c2ccc(C(C)(C)C)cc2)c2ccc(C(C)(C)C)cc2)cc1.CC(C)(C)c1ccc([S+](c2ccc(C(C)(C)C)cc2)c2ccc(C(C)(C)C)cc2)cc1.O=S(=O)([O-])CS(=O)(=O)[O-]. The van der Waals surface area contributed by atoms with Gasteiger partial charge in [-0.2, -0.15) is 0 Å². The van der Waals surface area contributed by atoms with E-state index in [1.807, 2.05) is 0 Å². The minimum atomic E-state index is -4.93. The zero-order valence-corrected chi connectivity index (χ0v) is 48.9. The van der Waals surface area contributed by atoms with Crippen LogP contribution in [0.3, 0.4) is 0 Å². The van der Waals surface area contributed by atoms with Gasteiger partial charge in [0.15, 0.2) is 29.4 Å². The molecule has 0 atom stereocenters. The van der Waals surface area contributed by atoms with Crippen LogP contribution in [0.25, 0.3) is 0 Å². The van der Waals surface area contributed by atoms with E-state index >= 15 is 0 Å². The van der Waals surface area contributed by atoms with Crippen molar-refractivity contribution >= 4 is 42.0 Å². The van der Waals surface area contributed by atoms with Crippen molar-refractivity contribution in [2.45, 2.75) is 186 Å². The van der Waals surface area contributed by atoms with Gasteiger partial charge >= 0.3 is 0 Å². The van der Waals surface area contributed by atoms with Gasteiger partial charge in [0.1, 0.15) is 25.3 Å².